The molecule has 0 aromatic carbocycles. The maximum atomic E-state index is 9.94. The van der Waals surface area contributed by atoms with Crippen molar-refractivity contribution in [3.05, 3.63) is 0 Å². The lowest BCUT2D eigenvalue weighted by molar-refractivity contribution is -0.143. The summed E-state index contributed by atoms with van der Waals surface area (Å²) in [5, 5.41) is 3.12. The van der Waals surface area contributed by atoms with Crippen molar-refractivity contribution in [2.75, 3.05) is 26.7 Å². The summed E-state index contributed by atoms with van der Waals surface area (Å²) < 4.78 is 4.78. The van der Waals surface area contributed by atoms with Gasteiger partial charge >= 0.3 is 0 Å². The molecule has 1 N–H and O–H groups in total. The first-order valence-corrected chi connectivity index (χ1v) is 3.34. The highest BCUT2D eigenvalue weighted by atomic mass is 35.5. The standard InChI is InChI=1S/C6H12N2O2.2ClH/c1-8-3-2-7-4-6(8)10-5-9;;/h5-7H,2-4H2,1H3;2*1H. The molecule has 0 saturated carbocycles. The van der Waals surface area contributed by atoms with E-state index in [1.54, 1.807) is 0 Å². The minimum atomic E-state index is -0.0775. The minimum absolute atomic E-state index is 0. The molecule has 0 spiro atoms. The SMILES string of the molecule is CN1CCNCC1OC=O.Cl.Cl. The van der Waals surface area contributed by atoms with Gasteiger partial charge in [-0.2, -0.15) is 0 Å². The Morgan fingerprint density at radius 2 is 2.25 bits per heavy atom. The van der Waals surface area contributed by atoms with Gasteiger partial charge in [0.25, 0.3) is 6.47 Å². The van der Waals surface area contributed by atoms with Crippen LogP contribution >= 0.6 is 24.8 Å². The normalized spacial score (nSPS) is 23.2. The van der Waals surface area contributed by atoms with E-state index < -0.39 is 0 Å². The smallest absolute Gasteiger partial charge is 0.294 e. The molecule has 74 valence electrons. The van der Waals surface area contributed by atoms with E-state index in [0.717, 1.165) is 19.6 Å². The van der Waals surface area contributed by atoms with Gasteiger partial charge in [0.1, 0.15) is 0 Å². The molecule has 1 fully saturated rings. The molecular formula is C6H14Cl2N2O2. The number of likely N-dealkylation sites (N-methyl/N-ethyl adjacent to an activating group) is 1. The van der Waals surface area contributed by atoms with Gasteiger partial charge in [0, 0.05) is 19.6 Å². The molecule has 0 aromatic heterocycles. The fourth-order valence-electron chi connectivity index (χ4n) is 0.997. The first kappa shape index (κ1) is 14.5. The van der Waals surface area contributed by atoms with Crippen LogP contribution in [0.4, 0.5) is 0 Å². The highest BCUT2D eigenvalue weighted by molar-refractivity contribution is 5.85. The Kier molecular flexibility index (Phi) is 9.19. The van der Waals surface area contributed by atoms with Gasteiger partial charge in [-0.1, -0.05) is 0 Å². The maximum Gasteiger partial charge on any atom is 0.294 e. The van der Waals surface area contributed by atoms with Crippen molar-refractivity contribution in [1.82, 2.24) is 10.2 Å². The average Bonchev–Trinajstić information content (AvgIpc) is 1.94. The molecule has 1 saturated heterocycles. The van der Waals surface area contributed by atoms with Crippen LogP contribution in [0.2, 0.25) is 0 Å². The van der Waals surface area contributed by atoms with Crippen molar-refractivity contribution < 1.29 is 9.53 Å². The van der Waals surface area contributed by atoms with Crippen molar-refractivity contribution in [3.8, 4) is 0 Å². The lowest BCUT2D eigenvalue weighted by Gasteiger charge is -2.30. The third kappa shape index (κ3) is 4.11. The zero-order chi connectivity index (χ0) is 7.40. The van der Waals surface area contributed by atoms with Crippen LogP contribution in [0.1, 0.15) is 0 Å². The Balaban J connectivity index is 0. The predicted octanol–water partition coefficient (Wildman–Crippen LogP) is -0.136. The van der Waals surface area contributed by atoms with Gasteiger partial charge < -0.3 is 10.1 Å². The molecule has 0 aromatic rings. The van der Waals surface area contributed by atoms with Crippen molar-refractivity contribution in [1.29, 1.82) is 0 Å². The summed E-state index contributed by atoms with van der Waals surface area (Å²) in [4.78, 5) is 11.9. The summed E-state index contributed by atoms with van der Waals surface area (Å²) in [5.41, 5.74) is 0. The van der Waals surface area contributed by atoms with Gasteiger partial charge in [-0.05, 0) is 7.05 Å². The Morgan fingerprint density at radius 3 is 2.75 bits per heavy atom. The van der Waals surface area contributed by atoms with Gasteiger partial charge in [-0.15, -0.1) is 24.8 Å². The zero-order valence-corrected chi connectivity index (χ0v) is 8.49. The van der Waals surface area contributed by atoms with Gasteiger partial charge in [0.05, 0.1) is 0 Å². The highest BCUT2D eigenvalue weighted by Crippen LogP contribution is 1.98. The molecule has 12 heavy (non-hydrogen) atoms. The van der Waals surface area contributed by atoms with E-state index in [1.807, 2.05) is 11.9 Å². The lowest BCUT2D eigenvalue weighted by Crippen LogP contribution is -2.50. The van der Waals surface area contributed by atoms with Gasteiger partial charge in [-0.3, -0.25) is 9.69 Å². The van der Waals surface area contributed by atoms with Crippen LogP contribution in [0.25, 0.3) is 0 Å². The van der Waals surface area contributed by atoms with Crippen LogP contribution in [0.3, 0.4) is 0 Å². The van der Waals surface area contributed by atoms with E-state index in [9.17, 15) is 4.79 Å². The van der Waals surface area contributed by atoms with Crippen LogP contribution < -0.4 is 5.32 Å². The van der Waals surface area contributed by atoms with Crippen LogP contribution in [0.15, 0.2) is 0 Å². The van der Waals surface area contributed by atoms with Crippen LogP contribution in [0, 0.1) is 0 Å². The average molecular weight is 217 g/mol. The van der Waals surface area contributed by atoms with Crippen LogP contribution in [-0.4, -0.2) is 44.3 Å². The number of nitrogens with one attached hydrogen (secondary N) is 1. The van der Waals surface area contributed by atoms with Gasteiger partial charge in [-0.25, -0.2) is 0 Å². The van der Waals surface area contributed by atoms with Crippen molar-refractivity contribution in [2.45, 2.75) is 6.23 Å². The summed E-state index contributed by atoms with van der Waals surface area (Å²) in [5.74, 6) is 0. The Bertz CT molecular complexity index is 126. The maximum absolute atomic E-state index is 9.94. The fourth-order valence-corrected chi connectivity index (χ4v) is 0.997. The number of halogens is 2. The molecule has 6 heteroatoms. The van der Waals surface area contributed by atoms with E-state index in [1.165, 1.54) is 0 Å². The van der Waals surface area contributed by atoms with Crippen LogP contribution in [-0.2, 0) is 9.53 Å². The number of carbonyl (C=O) groups excluding carboxylic acids is 1. The summed E-state index contributed by atoms with van der Waals surface area (Å²) >= 11 is 0. The number of carbonyl (C=O) groups is 1. The zero-order valence-electron chi connectivity index (χ0n) is 6.86. The van der Waals surface area contributed by atoms with Gasteiger partial charge in [0.15, 0.2) is 6.23 Å². The molecule has 1 aliphatic heterocycles. The third-order valence-electron chi connectivity index (χ3n) is 1.66. The van der Waals surface area contributed by atoms with E-state index in [-0.39, 0.29) is 31.0 Å². The number of rotatable bonds is 2. The largest absolute Gasteiger partial charge is 0.447 e. The molecular weight excluding hydrogens is 203 g/mol. The minimum Gasteiger partial charge on any atom is -0.447 e. The number of hydrogen-bond acceptors (Lipinski definition) is 4. The number of nitrogens with zero attached hydrogens (tertiary/aromatic N) is 1. The van der Waals surface area contributed by atoms with Crippen LogP contribution in [0.5, 0.6) is 0 Å². The monoisotopic (exact) mass is 216 g/mol. The van der Waals surface area contributed by atoms with Gasteiger partial charge in [0.2, 0.25) is 0 Å². The number of ether oxygens (including phenoxy) is 1. The van der Waals surface area contributed by atoms with E-state index in [2.05, 4.69) is 5.32 Å². The Morgan fingerprint density at radius 1 is 1.58 bits per heavy atom. The second-order valence-electron chi connectivity index (χ2n) is 2.37. The van der Waals surface area contributed by atoms with Crippen molar-refractivity contribution in [3.63, 3.8) is 0 Å². The molecule has 0 bridgehead atoms. The van der Waals surface area contributed by atoms with Crippen molar-refractivity contribution >= 4 is 31.3 Å². The van der Waals surface area contributed by atoms with E-state index in [4.69, 9.17) is 4.74 Å². The Labute approximate surface area is 84.4 Å². The first-order chi connectivity index (χ1) is 4.84. The lowest BCUT2D eigenvalue weighted by atomic mass is 10.4. The van der Waals surface area contributed by atoms with Crippen molar-refractivity contribution in [2.24, 2.45) is 0 Å². The number of hydrogen-bond donors (Lipinski definition) is 1. The molecule has 1 aliphatic rings. The molecule has 0 aliphatic carbocycles. The summed E-state index contributed by atoms with van der Waals surface area (Å²) in [6.45, 7) is 3.12. The first-order valence-electron chi connectivity index (χ1n) is 3.34. The topological polar surface area (TPSA) is 41.6 Å². The molecule has 1 rings (SSSR count). The summed E-state index contributed by atoms with van der Waals surface area (Å²) in [6.07, 6.45) is -0.0775. The predicted molar refractivity (Wildman–Crippen MR) is 50.9 cm³/mol. The molecule has 4 nitrogen and oxygen atoms in total. The molecule has 1 heterocycles. The molecule has 1 atom stereocenters. The highest BCUT2D eigenvalue weighted by Gasteiger charge is 2.18. The molecule has 0 amide bonds. The molecule has 0 radical (unpaired) electrons. The second kappa shape index (κ2) is 7.61. The second-order valence-corrected chi connectivity index (χ2v) is 2.37. The fraction of sp³-hybridized carbons (Fsp3) is 0.833. The summed E-state index contributed by atoms with van der Waals surface area (Å²) in [6, 6.07) is 0. The van der Waals surface area contributed by atoms with E-state index >= 15 is 0 Å². The molecule has 1 unspecified atom stereocenters. The third-order valence-corrected chi connectivity index (χ3v) is 1.66. The number of piperazine rings is 1. The Hall–Kier alpha value is -0.0300. The summed E-state index contributed by atoms with van der Waals surface area (Å²) in [7, 11) is 1.94. The quantitative estimate of drug-likeness (QED) is 0.654. The van der Waals surface area contributed by atoms with E-state index in [0.29, 0.717) is 6.47 Å².